The summed E-state index contributed by atoms with van der Waals surface area (Å²) in [7, 11) is -1.33. The van der Waals surface area contributed by atoms with E-state index in [0.717, 1.165) is 5.57 Å². The predicted molar refractivity (Wildman–Crippen MR) is 55.5 cm³/mol. The topological polar surface area (TPSA) is 46.2 Å². The maximum atomic E-state index is 11.4. The van der Waals surface area contributed by atoms with Crippen LogP contribution in [-0.4, -0.2) is 14.9 Å². The van der Waals surface area contributed by atoms with E-state index in [1.165, 1.54) is 6.08 Å². The highest BCUT2D eigenvalue weighted by Crippen LogP contribution is 2.08. The SMILES string of the molecule is CC(C)=CC(=O)N[S@@](=O)C(C)(C)C. The van der Waals surface area contributed by atoms with Gasteiger partial charge >= 0.3 is 0 Å². The number of hydrogen-bond donors (Lipinski definition) is 1. The molecule has 0 bridgehead atoms. The molecule has 0 rings (SSSR count). The van der Waals surface area contributed by atoms with Gasteiger partial charge in [0.05, 0.1) is 4.75 Å². The highest BCUT2D eigenvalue weighted by molar-refractivity contribution is 7.85. The van der Waals surface area contributed by atoms with Gasteiger partial charge in [0.25, 0.3) is 5.91 Å². The highest BCUT2D eigenvalue weighted by Gasteiger charge is 2.20. The van der Waals surface area contributed by atoms with Gasteiger partial charge in [0.1, 0.15) is 11.0 Å². The molecule has 0 aliphatic rings. The Morgan fingerprint density at radius 2 is 1.77 bits per heavy atom. The van der Waals surface area contributed by atoms with Gasteiger partial charge in [0, 0.05) is 6.08 Å². The van der Waals surface area contributed by atoms with Crippen molar-refractivity contribution >= 4 is 16.9 Å². The first-order valence-electron chi connectivity index (χ1n) is 4.11. The Labute approximate surface area is 82.2 Å². The van der Waals surface area contributed by atoms with Crippen LogP contribution >= 0.6 is 0 Å². The van der Waals surface area contributed by atoms with Gasteiger partial charge in [-0.05, 0) is 34.6 Å². The molecule has 0 heterocycles. The molecular weight excluding hydrogens is 186 g/mol. The van der Waals surface area contributed by atoms with E-state index in [4.69, 9.17) is 0 Å². The molecule has 0 radical (unpaired) electrons. The summed E-state index contributed by atoms with van der Waals surface area (Å²) in [5, 5.41) is 0. The summed E-state index contributed by atoms with van der Waals surface area (Å²) in [6.45, 7) is 9.07. The fraction of sp³-hybridized carbons (Fsp3) is 0.667. The summed E-state index contributed by atoms with van der Waals surface area (Å²) in [5.41, 5.74) is 0.892. The van der Waals surface area contributed by atoms with Crippen LogP contribution in [-0.2, 0) is 15.8 Å². The van der Waals surface area contributed by atoms with Crippen LogP contribution < -0.4 is 4.72 Å². The minimum atomic E-state index is -1.33. The van der Waals surface area contributed by atoms with Crippen LogP contribution in [0.3, 0.4) is 0 Å². The number of hydrogen-bond acceptors (Lipinski definition) is 2. The first-order valence-corrected chi connectivity index (χ1v) is 5.26. The Kier molecular flexibility index (Phi) is 4.33. The third kappa shape index (κ3) is 5.58. The molecule has 0 fully saturated rings. The summed E-state index contributed by atoms with van der Waals surface area (Å²) < 4.78 is 13.4. The number of carbonyl (C=O) groups excluding carboxylic acids is 1. The predicted octanol–water partition coefficient (Wildman–Crippen LogP) is 1.53. The quantitative estimate of drug-likeness (QED) is 0.692. The molecule has 0 aliphatic carbocycles. The zero-order chi connectivity index (χ0) is 10.6. The van der Waals surface area contributed by atoms with Crippen LogP contribution in [0.4, 0.5) is 0 Å². The first kappa shape index (κ1) is 12.4. The van der Waals surface area contributed by atoms with Gasteiger partial charge in [-0.1, -0.05) is 5.57 Å². The second kappa shape index (κ2) is 4.56. The fourth-order valence-corrected chi connectivity index (χ4v) is 1.08. The van der Waals surface area contributed by atoms with Gasteiger partial charge in [-0.15, -0.1) is 0 Å². The monoisotopic (exact) mass is 203 g/mol. The smallest absolute Gasteiger partial charge is 0.255 e. The van der Waals surface area contributed by atoms with E-state index >= 15 is 0 Å². The van der Waals surface area contributed by atoms with Crippen LogP contribution in [0, 0.1) is 0 Å². The van der Waals surface area contributed by atoms with Crippen LogP contribution in [0.15, 0.2) is 11.6 Å². The molecule has 0 aromatic heterocycles. The molecule has 1 amide bonds. The average Bonchev–Trinajstić information content (AvgIpc) is 1.82. The summed E-state index contributed by atoms with van der Waals surface area (Å²) in [5.74, 6) is -0.298. The van der Waals surface area contributed by atoms with Crippen LogP contribution in [0.1, 0.15) is 34.6 Å². The minimum absolute atomic E-state index is 0.298. The summed E-state index contributed by atoms with van der Waals surface area (Å²) >= 11 is 0. The molecule has 3 nitrogen and oxygen atoms in total. The molecular formula is C9H17NO2S. The molecule has 0 aromatic rings. The summed E-state index contributed by atoms with van der Waals surface area (Å²) in [6, 6.07) is 0. The number of carbonyl (C=O) groups is 1. The summed E-state index contributed by atoms with van der Waals surface area (Å²) in [6.07, 6.45) is 1.43. The van der Waals surface area contributed by atoms with Crippen molar-refractivity contribution in [3.05, 3.63) is 11.6 Å². The van der Waals surface area contributed by atoms with Gasteiger partial charge in [0.15, 0.2) is 0 Å². The second-order valence-electron chi connectivity index (χ2n) is 4.07. The van der Waals surface area contributed by atoms with Crippen molar-refractivity contribution in [3.63, 3.8) is 0 Å². The zero-order valence-electron chi connectivity index (χ0n) is 8.80. The van der Waals surface area contributed by atoms with Gasteiger partial charge in [-0.3, -0.25) is 9.52 Å². The van der Waals surface area contributed by atoms with E-state index in [1.54, 1.807) is 0 Å². The van der Waals surface area contributed by atoms with Gasteiger partial charge in [-0.2, -0.15) is 0 Å². The zero-order valence-corrected chi connectivity index (χ0v) is 9.62. The molecule has 0 spiro atoms. The molecule has 4 heteroatoms. The largest absolute Gasteiger partial charge is 0.271 e. The molecule has 0 aliphatic heterocycles. The fourth-order valence-electron chi connectivity index (χ4n) is 0.536. The molecule has 1 N–H and O–H groups in total. The Balaban J connectivity index is 4.25. The maximum absolute atomic E-state index is 11.4. The van der Waals surface area contributed by atoms with Crippen molar-refractivity contribution in [2.24, 2.45) is 0 Å². The third-order valence-corrected chi connectivity index (χ3v) is 2.67. The van der Waals surface area contributed by atoms with E-state index in [1.807, 2.05) is 34.6 Å². The van der Waals surface area contributed by atoms with E-state index in [9.17, 15) is 9.00 Å². The Hall–Kier alpha value is -0.640. The van der Waals surface area contributed by atoms with E-state index in [-0.39, 0.29) is 5.91 Å². The van der Waals surface area contributed by atoms with Crippen LogP contribution in [0.2, 0.25) is 0 Å². The van der Waals surface area contributed by atoms with Gasteiger partial charge < -0.3 is 0 Å². The van der Waals surface area contributed by atoms with Crippen molar-refractivity contribution in [2.45, 2.75) is 39.4 Å². The van der Waals surface area contributed by atoms with Crippen molar-refractivity contribution in [1.29, 1.82) is 0 Å². The normalized spacial score (nSPS) is 13.3. The van der Waals surface area contributed by atoms with Crippen molar-refractivity contribution in [1.82, 2.24) is 4.72 Å². The van der Waals surface area contributed by atoms with Gasteiger partial charge in [0.2, 0.25) is 0 Å². The average molecular weight is 203 g/mol. The molecule has 0 unspecified atom stereocenters. The molecule has 1 atom stereocenters. The molecule has 76 valence electrons. The lowest BCUT2D eigenvalue weighted by Crippen LogP contribution is -2.36. The molecule has 0 saturated heterocycles. The maximum Gasteiger partial charge on any atom is 0.255 e. The van der Waals surface area contributed by atoms with E-state index in [0.29, 0.717) is 0 Å². The lowest BCUT2D eigenvalue weighted by molar-refractivity contribution is -0.114. The third-order valence-electron chi connectivity index (χ3n) is 1.17. The lowest BCUT2D eigenvalue weighted by Gasteiger charge is -2.16. The van der Waals surface area contributed by atoms with Crippen molar-refractivity contribution in [3.8, 4) is 0 Å². The lowest BCUT2D eigenvalue weighted by atomic mass is 10.3. The number of allylic oxidation sites excluding steroid dienone is 1. The minimum Gasteiger partial charge on any atom is -0.271 e. The van der Waals surface area contributed by atoms with E-state index < -0.39 is 15.7 Å². The molecule has 0 saturated carbocycles. The number of amides is 1. The summed E-state index contributed by atoms with van der Waals surface area (Å²) in [4.78, 5) is 11.1. The Morgan fingerprint density at radius 3 is 2.08 bits per heavy atom. The van der Waals surface area contributed by atoms with Crippen molar-refractivity contribution in [2.75, 3.05) is 0 Å². The standard InChI is InChI=1S/C9H17NO2S/c1-7(2)6-8(11)10-13(12)9(3,4)5/h6H,1-5H3,(H,10,11)/t13-/m0/s1. The second-order valence-corrected chi connectivity index (χ2v) is 6.04. The first-order chi connectivity index (χ1) is 5.73. The Morgan fingerprint density at radius 1 is 1.31 bits per heavy atom. The number of nitrogens with one attached hydrogen (secondary N) is 1. The Bertz CT molecular complexity index is 247. The van der Waals surface area contributed by atoms with Gasteiger partial charge in [-0.25, -0.2) is 4.21 Å². The van der Waals surface area contributed by atoms with Crippen LogP contribution in [0.5, 0.6) is 0 Å². The van der Waals surface area contributed by atoms with E-state index in [2.05, 4.69) is 4.72 Å². The van der Waals surface area contributed by atoms with Crippen molar-refractivity contribution < 1.29 is 9.00 Å². The molecule has 0 aromatic carbocycles. The number of rotatable bonds is 2. The highest BCUT2D eigenvalue weighted by atomic mass is 32.2. The molecule has 13 heavy (non-hydrogen) atoms. The van der Waals surface area contributed by atoms with Crippen LogP contribution in [0.25, 0.3) is 0 Å².